The minimum absolute atomic E-state index is 0.0952. The van der Waals surface area contributed by atoms with Crippen LogP contribution in [0.4, 0.5) is 10.3 Å². The van der Waals surface area contributed by atoms with Crippen LogP contribution in [0.15, 0.2) is 30.3 Å². The Bertz CT molecular complexity index is 574. The molecule has 0 aliphatic carbocycles. The second-order valence-corrected chi connectivity index (χ2v) is 4.30. The van der Waals surface area contributed by atoms with E-state index in [-0.39, 0.29) is 11.9 Å². The maximum atomic E-state index is 13.2. The topological polar surface area (TPSA) is 47.0 Å². The number of nitrogens with zero attached hydrogens (tertiary/aromatic N) is 2. The molecule has 0 aliphatic heterocycles. The van der Waals surface area contributed by atoms with Crippen molar-refractivity contribution in [2.24, 2.45) is 0 Å². The largest absolute Gasteiger partial charge is 0.481 e. The van der Waals surface area contributed by atoms with Crippen LogP contribution < -0.4 is 10.1 Å². The molecule has 2 rings (SSSR count). The van der Waals surface area contributed by atoms with Gasteiger partial charge in [0.2, 0.25) is 11.8 Å². The Morgan fingerprint density at radius 3 is 2.74 bits per heavy atom. The molecule has 0 saturated carbocycles. The normalized spacial score (nSPS) is 12.0. The van der Waals surface area contributed by atoms with Gasteiger partial charge in [-0.2, -0.15) is 4.98 Å². The summed E-state index contributed by atoms with van der Waals surface area (Å²) in [5.41, 5.74) is 1.64. The van der Waals surface area contributed by atoms with E-state index in [0.29, 0.717) is 11.8 Å². The monoisotopic (exact) mass is 261 g/mol. The Hall–Kier alpha value is -2.17. The van der Waals surface area contributed by atoms with E-state index in [1.54, 1.807) is 19.2 Å². The molecule has 4 nitrogen and oxygen atoms in total. The molecule has 0 saturated heterocycles. The van der Waals surface area contributed by atoms with Crippen molar-refractivity contribution in [1.29, 1.82) is 0 Å². The lowest BCUT2D eigenvalue weighted by atomic mass is 10.1. The van der Waals surface area contributed by atoms with Gasteiger partial charge in [0.1, 0.15) is 5.82 Å². The van der Waals surface area contributed by atoms with E-state index in [1.165, 1.54) is 12.1 Å². The Morgan fingerprint density at radius 1 is 1.26 bits per heavy atom. The van der Waals surface area contributed by atoms with Gasteiger partial charge in [-0.1, -0.05) is 12.1 Å². The number of nitrogens with one attached hydrogen (secondary N) is 1. The van der Waals surface area contributed by atoms with E-state index in [0.717, 1.165) is 11.3 Å². The van der Waals surface area contributed by atoms with Gasteiger partial charge in [-0.3, -0.25) is 0 Å². The average Bonchev–Trinajstić information content (AvgIpc) is 2.38. The molecule has 100 valence electrons. The highest BCUT2D eigenvalue weighted by molar-refractivity contribution is 5.35. The predicted octanol–water partition coefficient (Wildman–Crippen LogP) is 3.11. The highest BCUT2D eigenvalue weighted by atomic mass is 19.1. The van der Waals surface area contributed by atoms with Crippen molar-refractivity contribution in [3.8, 4) is 5.88 Å². The molecule has 1 N–H and O–H groups in total. The van der Waals surface area contributed by atoms with E-state index in [1.807, 2.05) is 19.9 Å². The van der Waals surface area contributed by atoms with Crippen LogP contribution in [0.3, 0.4) is 0 Å². The van der Waals surface area contributed by atoms with Crippen LogP contribution in [0.2, 0.25) is 0 Å². The van der Waals surface area contributed by atoms with Crippen LogP contribution in [-0.2, 0) is 0 Å². The maximum absolute atomic E-state index is 13.2. The Labute approximate surface area is 111 Å². The minimum Gasteiger partial charge on any atom is -0.481 e. The maximum Gasteiger partial charge on any atom is 0.226 e. The predicted molar refractivity (Wildman–Crippen MR) is 71.8 cm³/mol. The van der Waals surface area contributed by atoms with E-state index in [4.69, 9.17) is 4.74 Å². The Balaban J connectivity index is 2.18. The summed E-state index contributed by atoms with van der Waals surface area (Å²) in [6, 6.07) is 8.10. The molecule has 5 heteroatoms. The number of benzene rings is 1. The number of rotatable bonds is 4. The number of aryl methyl sites for hydroxylation is 1. The third-order valence-corrected chi connectivity index (χ3v) is 2.73. The van der Waals surface area contributed by atoms with Crippen molar-refractivity contribution in [3.63, 3.8) is 0 Å². The van der Waals surface area contributed by atoms with Gasteiger partial charge in [-0.05, 0) is 31.5 Å². The van der Waals surface area contributed by atoms with E-state index >= 15 is 0 Å². The number of halogens is 1. The van der Waals surface area contributed by atoms with Crippen molar-refractivity contribution >= 4 is 5.95 Å². The summed E-state index contributed by atoms with van der Waals surface area (Å²) >= 11 is 0. The van der Waals surface area contributed by atoms with Crippen molar-refractivity contribution in [2.45, 2.75) is 19.9 Å². The van der Waals surface area contributed by atoms with E-state index in [2.05, 4.69) is 15.3 Å². The van der Waals surface area contributed by atoms with Gasteiger partial charge >= 0.3 is 0 Å². The zero-order valence-corrected chi connectivity index (χ0v) is 11.1. The summed E-state index contributed by atoms with van der Waals surface area (Å²) in [6.07, 6.45) is 0. The fourth-order valence-corrected chi connectivity index (χ4v) is 1.76. The molecule has 1 heterocycles. The van der Waals surface area contributed by atoms with Crippen LogP contribution in [0.1, 0.15) is 24.2 Å². The molecule has 19 heavy (non-hydrogen) atoms. The molecular formula is C14H16FN3O. The van der Waals surface area contributed by atoms with E-state index < -0.39 is 0 Å². The molecule has 0 amide bonds. The first-order valence-electron chi connectivity index (χ1n) is 6.00. The summed E-state index contributed by atoms with van der Waals surface area (Å²) in [7, 11) is 1.56. The van der Waals surface area contributed by atoms with Crippen molar-refractivity contribution in [1.82, 2.24) is 9.97 Å². The highest BCUT2D eigenvalue weighted by Gasteiger charge is 2.09. The number of anilines is 1. The molecule has 1 atom stereocenters. The second kappa shape index (κ2) is 5.65. The summed E-state index contributed by atoms with van der Waals surface area (Å²) in [4.78, 5) is 8.48. The van der Waals surface area contributed by atoms with Crippen LogP contribution in [-0.4, -0.2) is 17.1 Å². The van der Waals surface area contributed by atoms with Gasteiger partial charge in [0.05, 0.1) is 13.2 Å². The third-order valence-electron chi connectivity index (χ3n) is 2.73. The molecule has 0 fully saturated rings. The molecule has 2 aromatic rings. The Morgan fingerprint density at radius 2 is 2.05 bits per heavy atom. The molecule has 0 radical (unpaired) electrons. The van der Waals surface area contributed by atoms with Gasteiger partial charge < -0.3 is 10.1 Å². The van der Waals surface area contributed by atoms with Crippen molar-refractivity contribution < 1.29 is 9.13 Å². The smallest absolute Gasteiger partial charge is 0.226 e. The molecule has 1 unspecified atom stereocenters. The van der Waals surface area contributed by atoms with E-state index in [9.17, 15) is 4.39 Å². The van der Waals surface area contributed by atoms with Gasteiger partial charge in [-0.25, -0.2) is 9.37 Å². The lowest BCUT2D eigenvalue weighted by Gasteiger charge is -2.15. The SMILES string of the molecule is COc1cc(C)nc(NC(C)c2cccc(F)c2)n1. The van der Waals surface area contributed by atoms with Gasteiger partial charge in [0.15, 0.2) is 0 Å². The lowest BCUT2D eigenvalue weighted by molar-refractivity contribution is 0.397. The van der Waals surface area contributed by atoms with Crippen molar-refractivity contribution in [3.05, 3.63) is 47.4 Å². The second-order valence-electron chi connectivity index (χ2n) is 4.30. The number of methoxy groups -OCH3 is 1. The van der Waals surface area contributed by atoms with Gasteiger partial charge in [0, 0.05) is 11.8 Å². The van der Waals surface area contributed by atoms with Crippen LogP contribution in [0, 0.1) is 12.7 Å². The standard InChI is InChI=1S/C14H16FN3O/c1-9-7-13(19-3)18-14(16-9)17-10(2)11-5-4-6-12(15)8-11/h4-8,10H,1-3H3,(H,16,17,18). The van der Waals surface area contributed by atoms with Crippen LogP contribution >= 0.6 is 0 Å². The summed E-state index contributed by atoms with van der Waals surface area (Å²) < 4.78 is 18.3. The zero-order valence-electron chi connectivity index (χ0n) is 11.1. The first kappa shape index (κ1) is 13.3. The molecule has 1 aromatic heterocycles. The first-order valence-corrected chi connectivity index (χ1v) is 6.00. The zero-order chi connectivity index (χ0) is 13.8. The first-order chi connectivity index (χ1) is 9.08. The summed E-state index contributed by atoms with van der Waals surface area (Å²) in [5, 5.41) is 3.13. The van der Waals surface area contributed by atoms with Crippen LogP contribution in [0.25, 0.3) is 0 Å². The minimum atomic E-state index is -0.256. The molecule has 0 spiro atoms. The molecule has 0 aliphatic rings. The number of ether oxygens (including phenoxy) is 1. The quantitative estimate of drug-likeness (QED) is 0.918. The third kappa shape index (κ3) is 3.40. The number of hydrogen-bond donors (Lipinski definition) is 1. The lowest BCUT2D eigenvalue weighted by Crippen LogP contribution is -2.10. The fourth-order valence-electron chi connectivity index (χ4n) is 1.76. The molecule has 0 bridgehead atoms. The molecular weight excluding hydrogens is 245 g/mol. The number of aromatic nitrogens is 2. The highest BCUT2D eigenvalue weighted by Crippen LogP contribution is 2.19. The Kier molecular flexibility index (Phi) is 3.94. The van der Waals surface area contributed by atoms with Gasteiger partial charge in [-0.15, -0.1) is 0 Å². The number of hydrogen-bond acceptors (Lipinski definition) is 4. The average molecular weight is 261 g/mol. The van der Waals surface area contributed by atoms with Crippen LogP contribution in [0.5, 0.6) is 5.88 Å². The van der Waals surface area contributed by atoms with Gasteiger partial charge in [0.25, 0.3) is 0 Å². The molecule has 1 aromatic carbocycles. The summed E-state index contributed by atoms with van der Waals surface area (Å²) in [6.45, 7) is 3.79. The summed E-state index contributed by atoms with van der Waals surface area (Å²) in [5.74, 6) is 0.712. The van der Waals surface area contributed by atoms with Crippen molar-refractivity contribution in [2.75, 3.05) is 12.4 Å². The fraction of sp³-hybridized carbons (Fsp3) is 0.286.